The average Bonchev–Trinajstić information content (AvgIpc) is 2.16. The van der Waals surface area contributed by atoms with E-state index in [-0.39, 0.29) is 18.1 Å². The molecule has 0 amide bonds. The van der Waals surface area contributed by atoms with Crippen molar-refractivity contribution in [1.29, 1.82) is 0 Å². The number of sulfonamides is 2. The standard InChI is InChI=1S/C8H19ClN2O4S2/c1-2-10-17(14,15)8-6-11-16(12,13)7-4-3-5-9/h10-11H,2-8H2,1H3. The molecule has 0 aromatic carbocycles. The molecule has 0 rings (SSSR count). The maximum Gasteiger partial charge on any atom is 0.212 e. The summed E-state index contributed by atoms with van der Waals surface area (Å²) in [6.45, 7) is 1.84. The molecule has 0 atom stereocenters. The van der Waals surface area contributed by atoms with Gasteiger partial charge in [0.1, 0.15) is 0 Å². The van der Waals surface area contributed by atoms with Gasteiger partial charge in [0.15, 0.2) is 0 Å². The van der Waals surface area contributed by atoms with Crippen molar-refractivity contribution in [2.24, 2.45) is 0 Å². The van der Waals surface area contributed by atoms with Crippen LogP contribution >= 0.6 is 11.6 Å². The highest BCUT2D eigenvalue weighted by Crippen LogP contribution is 1.96. The van der Waals surface area contributed by atoms with E-state index in [1.54, 1.807) is 6.92 Å². The van der Waals surface area contributed by atoms with Crippen LogP contribution in [0.4, 0.5) is 0 Å². The van der Waals surface area contributed by atoms with Crippen LogP contribution in [-0.2, 0) is 20.0 Å². The summed E-state index contributed by atoms with van der Waals surface area (Å²) in [5.41, 5.74) is 0. The molecule has 0 saturated carbocycles. The fraction of sp³-hybridized carbons (Fsp3) is 1.00. The molecule has 0 heterocycles. The SMILES string of the molecule is CCNS(=O)(=O)CCNS(=O)(=O)CCCCCl. The van der Waals surface area contributed by atoms with E-state index in [0.717, 1.165) is 0 Å². The van der Waals surface area contributed by atoms with Crippen LogP contribution in [0, 0.1) is 0 Å². The van der Waals surface area contributed by atoms with Gasteiger partial charge in [-0.3, -0.25) is 0 Å². The van der Waals surface area contributed by atoms with Crippen molar-refractivity contribution in [3.63, 3.8) is 0 Å². The first-order chi connectivity index (χ1) is 7.83. The average molecular weight is 307 g/mol. The number of halogens is 1. The zero-order chi connectivity index (χ0) is 13.4. The number of nitrogens with one attached hydrogen (secondary N) is 2. The zero-order valence-electron chi connectivity index (χ0n) is 9.78. The first kappa shape index (κ1) is 17.1. The van der Waals surface area contributed by atoms with Gasteiger partial charge >= 0.3 is 0 Å². The molecular weight excluding hydrogens is 288 g/mol. The Balaban J connectivity index is 3.95. The molecule has 0 saturated heterocycles. The van der Waals surface area contributed by atoms with Gasteiger partial charge < -0.3 is 0 Å². The minimum absolute atomic E-state index is 0.0268. The van der Waals surface area contributed by atoms with Crippen molar-refractivity contribution >= 4 is 31.6 Å². The topological polar surface area (TPSA) is 92.3 Å². The summed E-state index contributed by atoms with van der Waals surface area (Å²) in [5, 5.41) is 0. The van der Waals surface area contributed by atoms with Crippen molar-refractivity contribution in [2.75, 3.05) is 30.5 Å². The van der Waals surface area contributed by atoms with Gasteiger partial charge in [0.2, 0.25) is 20.0 Å². The fourth-order valence-corrected chi connectivity index (χ4v) is 3.50. The smallest absolute Gasteiger partial charge is 0.212 e. The Labute approximate surface area is 108 Å². The molecule has 0 fully saturated rings. The Morgan fingerprint density at radius 1 is 0.941 bits per heavy atom. The molecule has 6 nitrogen and oxygen atoms in total. The molecule has 0 aliphatic heterocycles. The predicted molar refractivity (Wildman–Crippen MR) is 69.2 cm³/mol. The molecule has 0 bridgehead atoms. The van der Waals surface area contributed by atoms with Crippen molar-refractivity contribution < 1.29 is 16.8 Å². The number of hydrogen-bond donors (Lipinski definition) is 2. The van der Waals surface area contributed by atoms with Gasteiger partial charge in [-0.1, -0.05) is 6.92 Å². The van der Waals surface area contributed by atoms with Gasteiger partial charge in [-0.2, -0.15) is 0 Å². The van der Waals surface area contributed by atoms with E-state index in [0.29, 0.717) is 25.3 Å². The molecule has 0 aromatic rings. The highest BCUT2D eigenvalue weighted by atomic mass is 35.5. The Hall–Kier alpha value is 0.110. The predicted octanol–water partition coefficient (Wildman–Crippen LogP) is -0.136. The van der Waals surface area contributed by atoms with Crippen LogP contribution in [0.3, 0.4) is 0 Å². The third-order valence-electron chi connectivity index (χ3n) is 1.85. The molecule has 2 N–H and O–H groups in total. The quantitative estimate of drug-likeness (QED) is 0.434. The molecule has 0 radical (unpaired) electrons. The Kier molecular flexibility index (Phi) is 8.31. The zero-order valence-corrected chi connectivity index (χ0v) is 12.2. The van der Waals surface area contributed by atoms with Crippen molar-refractivity contribution in [1.82, 2.24) is 9.44 Å². The Bertz CT molecular complexity index is 394. The lowest BCUT2D eigenvalue weighted by atomic mass is 10.4. The molecule has 104 valence electrons. The maximum absolute atomic E-state index is 11.4. The van der Waals surface area contributed by atoms with Crippen molar-refractivity contribution in [3.8, 4) is 0 Å². The lowest BCUT2D eigenvalue weighted by molar-refractivity contribution is 0.575. The first-order valence-electron chi connectivity index (χ1n) is 5.33. The highest BCUT2D eigenvalue weighted by Gasteiger charge is 2.12. The third kappa shape index (κ3) is 9.78. The summed E-state index contributed by atoms with van der Waals surface area (Å²) >= 11 is 5.43. The normalized spacial score (nSPS) is 12.8. The van der Waals surface area contributed by atoms with Gasteiger partial charge in [0.25, 0.3) is 0 Å². The summed E-state index contributed by atoms with van der Waals surface area (Å²) in [7, 11) is -6.77. The molecule has 0 aliphatic rings. The van der Waals surface area contributed by atoms with E-state index in [9.17, 15) is 16.8 Å². The van der Waals surface area contributed by atoms with Crippen LogP contribution in [0.2, 0.25) is 0 Å². The minimum atomic E-state index is -3.39. The number of unbranched alkanes of at least 4 members (excludes halogenated alkanes) is 1. The number of rotatable bonds is 10. The number of alkyl halides is 1. The van der Waals surface area contributed by atoms with Gasteiger partial charge in [-0.15, -0.1) is 11.6 Å². The van der Waals surface area contributed by atoms with Crippen LogP contribution in [0.25, 0.3) is 0 Å². The van der Waals surface area contributed by atoms with Crippen LogP contribution in [0.5, 0.6) is 0 Å². The van der Waals surface area contributed by atoms with Gasteiger partial charge in [-0.25, -0.2) is 26.3 Å². The van der Waals surface area contributed by atoms with Crippen LogP contribution in [-0.4, -0.2) is 47.3 Å². The second-order valence-corrected chi connectivity index (χ2v) is 7.66. The van der Waals surface area contributed by atoms with Crippen LogP contribution in [0.15, 0.2) is 0 Å². The number of hydrogen-bond acceptors (Lipinski definition) is 4. The molecule has 0 unspecified atom stereocenters. The highest BCUT2D eigenvalue weighted by molar-refractivity contribution is 7.90. The molecule has 17 heavy (non-hydrogen) atoms. The van der Waals surface area contributed by atoms with E-state index >= 15 is 0 Å². The van der Waals surface area contributed by atoms with E-state index in [4.69, 9.17) is 11.6 Å². The molecule has 0 aliphatic carbocycles. The second-order valence-electron chi connectivity index (χ2n) is 3.43. The van der Waals surface area contributed by atoms with E-state index in [1.807, 2.05) is 0 Å². The largest absolute Gasteiger partial charge is 0.215 e. The molecular formula is C8H19ClN2O4S2. The first-order valence-corrected chi connectivity index (χ1v) is 9.17. The monoisotopic (exact) mass is 306 g/mol. The lowest BCUT2D eigenvalue weighted by Crippen LogP contribution is -2.35. The summed E-state index contributed by atoms with van der Waals surface area (Å²) in [6, 6.07) is 0. The van der Waals surface area contributed by atoms with Crippen molar-refractivity contribution in [3.05, 3.63) is 0 Å². The van der Waals surface area contributed by atoms with Crippen molar-refractivity contribution in [2.45, 2.75) is 19.8 Å². The molecule has 0 aromatic heterocycles. The van der Waals surface area contributed by atoms with E-state index in [2.05, 4.69) is 9.44 Å². The third-order valence-corrected chi connectivity index (χ3v) is 5.06. The second kappa shape index (κ2) is 8.25. The summed E-state index contributed by atoms with van der Waals surface area (Å²) in [5.74, 6) is 0.140. The van der Waals surface area contributed by atoms with Gasteiger partial charge in [0.05, 0.1) is 11.5 Å². The Morgan fingerprint density at radius 3 is 2.06 bits per heavy atom. The molecule has 9 heteroatoms. The maximum atomic E-state index is 11.4. The summed E-state index contributed by atoms with van der Waals surface area (Å²) in [4.78, 5) is 0. The van der Waals surface area contributed by atoms with Crippen LogP contribution in [0.1, 0.15) is 19.8 Å². The van der Waals surface area contributed by atoms with E-state index in [1.165, 1.54) is 0 Å². The summed E-state index contributed by atoms with van der Waals surface area (Å²) in [6.07, 6.45) is 1.09. The lowest BCUT2D eigenvalue weighted by Gasteiger charge is -2.07. The molecule has 0 spiro atoms. The summed E-state index contributed by atoms with van der Waals surface area (Å²) < 4.78 is 49.7. The van der Waals surface area contributed by atoms with Gasteiger partial charge in [0, 0.05) is 19.0 Å². The minimum Gasteiger partial charge on any atom is -0.215 e. The van der Waals surface area contributed by atoms with Gasteiger partial charge in [-0.05, 0) is 12.8 Å². The van der Waals surface area contributed by atoms with E-state index < -0.39 is 20.0 Å². The fourth-order valence-electron chi connectivity index (χ4n) is 1.08. The van der Waals surface area contributed by atoms with Crippen LogP contribution < -0.4 is 9.44 Å². The Morgan fingerprint density at radius 2 is 1.53 bits per heavy atom.